The molecule has 286 valence electrons. The minimum Gasteiger partial charge on any atom is -0.315 e. The first-order valence-electron chi connectivity index (χ1n) is 19.9. The van der Waals surface area contributed by atoms with Crippen molar-refractivity contribution >= 4 is 0 Å². The van der Waals surface area contributed by atoms with Crippen LogP contribution in [0.1, 0.15) is 130 Å². The van der Waals surface area contributed by atoms with Crippen LogP contribution < -0.4 is 16.0 Å². The highest BCUT2D eigenvalue weighted by atomic mass is 15.3. The van der Waals surface area contributed by atoms with E-state index in [4.69, 9.17) is 0 Å². The van der Waals surface area contributed by atoms with Gasteiger partial charge in [0.1, 0.15) is 0 Å². The molecule has 5 rings (SSSR count). The summed E-state index contributed by atoms with van der Waals surface area (Å²) in [6, 6.07) is 3.44. The monoisotopic (exact) mass is 679 g/mol. The summed E-state index contributed by atoms with van der Waals surface area (Å²) in [5.41, 5.74) is 1.36. The second kappa shape index (κ2) is 19.0. The van der Waals surface area contributed by atoms with Gasteiger partial charge in [-0.2, -0.15) is 0 Å². The average Bonchev–Trinajstić information content (AvgIpc) is 3.23. The largest absolute Gasteiger partial charge is 0.315 e. The second-order valence-corrected chi connectivity index (χ2v) is 19.7. The van der Waals surface area contributed by atoms with Gasteiger partial charge in [-0.3, -0.25) is 24.5 Å². The van der Waals surface area contributed by atoms with Crippen LogP contribution in [0, 0.1) is 0 Å². The first-order valence-corrected chi connectivity index (χ1v) is 19.9. The van der Waals surface area contributed by atoms with Gasteiger partial charge < -0.3 is 16.0 Å². The van der Waals surface area contributed by atoms with Crippen molar-refractivity contribution in [2.45, 2.75) is 182 Å². The van der Waals surface area contributed by atoms with E-state index >= 15 is 0 Å². The Morgan fingerprint density at radius 1 is 0.500 bits per heavy atom. The third kappa shape index (κ3) is 15.5. The summed E-state index contributed by atoms with van der Waals surface area (Å²) in [5, 5.41) is 10.4. The molecule has 0 aromatic rings. The quantitative estimate of drug-likeness (QED) is 0.307. The lowest BCUT2D eigenvalue weighted by Crippen LogP contribution is -2.60. The average molecular weight is 679 g/mol. The summed E-state index contributed by atoms with van der Waals surface area (Å²) in [6.07, 6.45) is 4.13. The van der Waals surface area contributed by atoms with E-state index in [-0.39, 0.29) is 0 Å². The number of hydrogen-bond donors (Lipinski definition) is 3. The Morgan fingerprint density at radius 3 is 1.60 bits per heavy atom. The van der Waals surface area contributed by atoms with E-state index in [1.54, 1.807) is 0 Å². The van der Waals surface area contributed by atoms with Crippen molar-refractivity contribution in [1.82, 2.24) is 40.4 Å². The molecule has 8 heteroatoms. The topological polar surface area (TPSA) is 52.3 Å². The van der Waals surface area contributed by atoms with Crippen LogP contribution in [0.5, 0.6) is 0 Å². The van der Waals surface area contributed by atoms with Gasteiger partial charge in [-0.05, 0) is 150 Å². The predicted molar refractivity (Wildman–Crippen MR) is 212 cm³/mol. The Balaban J connectivity index is 0.000000223. The summed E-state index contributed by atoms with van der Waals surface area (Å²) in [5.74, 6) is 0. The summed E-state index contributed by atoms with van der Waals surface area (Å²) in [6.45, 7) is 51.3. The van der Waals surface area contributed by atoms with Crippen LogP contribution in [0.4, 0.5) is 0 Å². The molecule has 0 spiro atoms. The van der Waals surface area contributed by atoms with Gasteiger partial charge in [0, 0.05) is 111 Å². The Labute approximate surface area is 300 Å². The van der Waals surface area contributed by atoms with E-state index in [9.17, 15) is 0 Å². The fourth-order valence-corrected chi connectivity index (χ4v) is 7.95. The minimum atomic E-state index is 0.315. The predicted octanol–water partition coefficient (Wildman–Crippen LogP) is 5.58. The fourth-order valence-electron chi connectivity index (χ4n) is 7.95. The van der Waals surface area contributed by atoms with Crippen LogP contribution in [0.25, 0.3) is 0 Å². The van der Waals surface area contributed by atoms with Crippen LogP contribution in [-0.2, 0) is 0 Å². The number of piperazine rings is 3. The molecule has 0 aromatic heterocycles. The lowest BCUT2D eigenvalue weighted by molar-refractivity contribution is 0.0413. The fraction of sp³-hybridized carbons (Fsp3) is 1.00. The molecule has 5 saturated heterocycles. The van der Waals surface area contributed by atoms with Crippen molar-refractivity contribution in [1.29, 1.82) is 0 Å². The van der Waals surface area contributed by atoms with Gasteiger partial charge in [0.05, 0.1) is 0 Å². The molecule has 0 aromatic carbocycles. The Hall–Kier alpha value is -0.320. The molecule has 3 N–H and O–H groups in total. The molecule has 5 atom stereocenters. The third-order valence-corrected chi connectivity index (χ3v) is 11.0. The molecule has 5 fully saturated rings. The van der Waals surface area contributed by atoms with Crippen LogP contribution in [0.3, 0.4) is 0 Å². The number of rotatable bonds is 0. The third-order valence-electron chi connectivity index (χ3n) is 11.0. The van der Waals surface area contributed by atoms with E-state index in [1.807, 2.05) is 0 Å². The maximum Gasteiger partial charge on any atom is 0.0224 e. The number of nitrogens with zero attached hydrogens (tertiary/aromatic N) is 5. The molecule has 48 heavy (non-hydrogen) atoms. The Bertz CT molecular complexity index is 864. The summed E-state index contributed by atoms with van der Waals surface area (Å²) >= 11 is 0. The van der Waals surface area contributed by atoms with Crippen molar-refractivity contribution in [3.8, 4) is 0 Å². The normalized spacial score (nSPS) is 30.9. The standard InChI is InChI=1S/C11H22N2.2C10H22N2.C9H20N2/c1-11(2,3)13-8-7-12-6-4-5-10(12)9-13;1-8-7-12(10(3,4)5)9(2)6-11-8;1-8-6-12(10(3,4)5)7-9(2)11-8;1-9(2,3)11-7-4-5-10-6-8-11/h10H,4-9H2,1-3H3;2*8-9,11H,6-7H2,1-5H3;10H,4-8H2,1-3H3. The van der Waals surface area contributed by atoms with Crippen molar-refractivity contribution < 1.29 is 0 Å². The molecular formula is C40H86N8. The highest BCUT2D eigenvalue weighted by Gasteiger charge is 2.35. The van der Waals surface area contributed by atoms with Gasteiger partial charge in [0.15, 0.2) is 0 Å². The van der Waals surface area contributed by atoms with Crippen molar-refractivity contribution in [3.05, 3.63) is 0 Å². The van der Waals surface area contributed by atoms with Gasteiger partial charge in [-0.25, -0.2) is 0 Å². The van der Waals surface area contributed by atoms with Crippen molar-refractivity contribution in [2.75, 3.05) is 78.5 Å². The lowest BCUT2D eigenvalue weighted by atomic mass is 10.00. The van der Waals surface area contributed by atoms with Gasteiger partial charge in [-0.15, -0.1) is 0 Å². The summed E-state index contributed by atoms with van der Waals surface area (Å²) in [7, 11) is 0. The maximum atomic E-state index is 3.54. The maximum absolute atomic E-state index is 3.54. The molecule has 8 nitrogen and oxygen atoms in total. The molecule has 0 amide bonds. The summed E-state index contributed by atoms with van der Waals surface area (Å²) < 4.78 is 0. The molecule has 5 heterocycles. The first-order chi connectivity index (χ1) is 22.0. The highest BCUT2D eigenvalue weighted by molar-refractivity contribution is 4.92. The Kier molecular flexibility index (Phi) is 17.3. The van der Waals surface area contributed by atoms with Gasteiger partial charge in [0.25, 0.3) is 0 Å². The molecule has 0 bridgehead atoms. The van der Waals surface area contributed by atoms with E-state index in [2.05, 4.69) is 151 Å². The smallest absolute Gasteiger partial charge is 0.0224 e. The zero-order valence-corrected chi connectivity index (χ0v) is 35.2. The number of fused-ring (bicyclic) bond motifs is 1. The zero-order valence-electron chi connectivity index (χ0n) is 35.2. The van der Waals surface area contributed by atoms with E-state index in [0.29, 0.717) is 46.3 Å². The van der Waals surface area contributed by atoms with Crippen LogP contribution in [0.2, 0.25) is 0 Å². The van der Waals surface area contributed by atoms with Crippen molar-refractivity contribution in [2.24, 2.45) is 0 Å². The van der Waals surface area contributed by atoms with Gasteiger partial charge in [0.2, 0.25) is 0 Å². The minimum absolute atomic E-state index is 0.315. The van der Waals surface area contributed by atoms with E-state index in [0.717, 1.165) is 19.1 Å². The van der Waals surface area contributed by atoms with E-state index < -0.39 is 0 Å². The Morgan fingerprint density at radius 2 is 1.08 bits per heavy atom. The van der Waals surface area contributed by atoms with E-state index in [1.165, 1.54) is 84.7 Å². The molecule has 5 aliphatic heterocycles. The van der Waals surface area contributed by atoms with Crippen LogP contribution in [0.15, 0.2) is 0 Å². The molecule has 5 unspecified atom stereocenters. The van der Waals surface area contributed by atoms with Gasteiger partial charge in [-0.1, -0.05) is 0 Å². The number of nitrogens with one attached hydrogen (secondary N) is 3. The number of hydrogen-bond acceptors (Lipinski definition) is 8. The van der Waals surface area contributed by atoms with Crippen LogP contribution in [-0.4, -0.2) is 155 Å². The molecule has 5 aliphatic rings. The molecule has 0 radical (unpaired) electrons. The SMILES string of the molecule is CC(C)(C)N1CCCNCC1.CC(C)(C)N1CCN2CCCC2C1.CC1CN(C(C)(C)C)C(C)CN1.CC1CN(C(C)(C)C)CC(C)N1. The summed E-state index contributed by atoms with van der Waals surface area (Å²) in [4.78, 5) is 13.0. The highest BCUT2D eigenvalue weighted by Crippen LogP contribution is 2.26. The van der Waals surface area contributed by atoms with Gasteiger partial charge >= 0.3 is 0 Å². The molecule has 0 aliphatic carbocycles. The second-order valence-electron chi connectivity index (χ2n) is 19.7. The molecular weight excluding hydrogens is 592 g/mol. The lowest BCUT2D eigenvalue weighted by Gasteiger charge is -2.45. The van der Waals surface area contributed by atoms with Crippen molar-refractivity contribution in [3.63, 3.8) is 0 Å². The molecule has 0 saturated carbocycles. The zero-order chi connectivity index (χ0) is 36.5. The first kappa shape index (κ1) is 43.8. The van der Waals surface area contributed by atoms with Crippen LogP contribution >= 0.6 is 0 Å².